The highest BCUT2D eigenvalue weighted by Crippen LogP contribution is 2.30. The third-order valence-electron chi connectivity index (χ3n) is 5.46. The minimum atomic E-state index is -3.44. The van der Waals surface area contributed by atoms with E-state index < -0.39 is 10.0 Å². The van der Waals surface area contributed by atoms with Gasteiger partial charge in [-0.25, -0.2) is 8.42 Å². The lowest BCUT2D eigenvalue weighted by Crippen LogP contribution is -2.31. The number of hydrogen-bond donors (Lipinski definition) is 1. The first-order valence-electron chi connectivity index (χ1n) is 10.6. The molecule has 0 fully saturated rings. The number of rotatable bonds is 8. The fraction of sp³-hybridized carbons (Fsp3) is 0.240. The first-order chi connectivity index (χ1) is 15.3. The van der Waals surface area contributed by atoms with Crippen molar-refractivity contribution in [3.63, 3.8) is 0 Å². The number of carbonyl (C=O) groups is 1. The van der Waals surface area contributed by atoms with Gasteiger partial charge in [-0.1, -0.05) is 37.3 Å². The molecule has 1 N–H and O–H groups in total. The molecule has 0 spiro atoms. The van der Waals surface area contributed by atoms with E-state index >= 15 is 0 Å². The summed E-state index contributed by atoms with van der Waals surface area (Å²) in [7, 11) is -3.44. The van der Waals surface area contributed by atoms with Crippen LogP contribution in [-0.2, 0) is 21.2 Å². The van der Waals surface area contributed by atoms with Crippen LogP contribution in [0.25, 0.3) is 21.9 Å². The van der Waals surface area contributed by atoms with E-state index in [4.69, 9.17) is 4.42 Å². The fourth-order valence-corrected chi connectivity index (χ4v) is 4.76. The molecular formula is C25H26N2O4S. The summed E-state index contributed by atoms with van der Waals surface area (Å²) < 4.78 is 31.7. The van der Waals surface area contributed by atoms with Crippen molar-refractivity contribution in [1.82, 2.24) is 0 Å². The third kappa shape index (κ3) is 4.78. The lowest BCUT2D eigenvalue weighted by Gasteiger charge is -2.22. The Balaban J connectivity index is 1.39. The number of nitrogens with one attached hydrogen (secondary N) is 1. The summed E-state index contributed by atoms with van der Waals surface area (Å²) in [6, 6.07) is 20.9. The maximum atomic E-state index is 12.5. The number of anilines is 2. The normalized spacial score (nSPS) is 11.7. The summed E-state index contributed by atoms with van der Waals surface area (Å²) in [6.45, 7) is 2.29. The zero-order chi connectivity index (χ0) is 22.7. The van der Waals surface area contributed by atoms with Crippen molar-refractivity contribution >= 4 is 49.2 Å². The quantitative estimate of drug-likeness (QED) is 0.393. The number of hydrogen-bond acceptors (Lipinski definition) is 4. The molecule has 1 aromatic heterocycles. The second-order valence-electron chi connectivity index (χ2n) is 7.82. The summed E-state index contributed by atoms with van der Waals surface area (Å²) in [4.78, 5) is 12.5. The SMILES string of the molecule is CCc1ccc(N(CCCC(=O)Nc2ccc3c(c2)oc2ccccc23)S(C)(=O)=O)cc1. The van der Waals surface area contributed by atoms with E-state index in [2.05, 4.69) is 5.32 Å². The molecule has 0 unspecified atom stereocenters. The molecule has 166 valence electrons. The van der Waals surface area contributed by atoms with Crippen LogP contribution in [0.1, 0.15) is 25.3 Å². The van der Waals surface area contributed by atoms with Crippen LogP contribution in [0.2, 0.25) is 0 Å². The van der Waals surface area contributed by atoms with E-state index in [1.54, 1.807) is 0 Å². The molecule has 0 atom stereocenters. The zero-order valence-corrected chi connectivity index (χ0v) is 19.0. The topological polar surface area (TPSA) is 79.6 Å². The zero-order valence-electron chi connectivity index (χ0n) is 18.2. The number of fused-ring (bicyclic) bond motifs is 3. The summed E-state index contributed by atoms with van der Waals surface area (Å²) in [6.07, 6.45) is 2.68. The van der Waals surface area contributed by atoms with Gasteiger partial charge in [-0.2, -0.15) is 0 Å². The molecule has 6 nitrogen and oxygen atoms in total. The number of carbonyl (C=O) groups excluding carboxylic acids is 1. The number of furan rings is 1. The standard InChI is InChI=1S/C25H26N2O4S/c1-3-18-10-13-20(14-11-18)27(32(2,29)30)16-6-9-25(28)26-19-12-15-22-21-7-4-5-8-23(21)31-24(22)17-19/h4-5,7-8,10-15,17H,3,6,9,16H2,1-2H3,(H,26,28). The highest BCUT2D eigenvalue weighted by molar-refractivity contribution is 7.92. The Morgan fingerprint density at radius 2 is 1.69 bits per heavy atom. The van der Waals surface area contributed by atoms with E-state index in [9.17, 15) is 13.2 Å². The van der Waals surface area contributed by atoms with E-state index in [-0.39, 0.29) is 18.9 Å². The number of aryl methyl sites for hydroxylation is 1. The second-order valence-corrected chi connectivity index (χ2v) is 9.72. The van der Waals surface area contributed by atoms with Crippen molar-refractivity contribution in [3.8, 4) is 0 Å². The first kappa shape index (κ1) is 21.9. The molecule has 0 saturated carbocycles. The van der Waals surface area contributed by atoms with Gasteiger partial charge in [0.2, 0.25) is 15.9 Å². The predicted octanol–water partition coefficient (Wildman–Crippen LogP) is 5.33. The molecular weight excluding hydrogens is 424 g/mol. The maximum Gasteiger partial charge on any atom is 0.232 e. The molecule has 32 heavy (non-hydrogen) atoms. The third-order valence-corrected chi connectivity index (χ3v) is 6.65. The molecule has 3 aromatic carbocycles. The lowest BCUT2D eigenvalue weighted by atomic mass is 10.1. The number of sulfonamides is 1. The minimum Gasteiger partial charge on any atom is -0.456 e. The van der Waals surface area contributed by atoms with Gasteiger partial charge in [-0.15, -0.1) is 0 Å². The molecule has 4 aromatic rings. The Bertz CT molecular complexity index is 1360. The van der Waals surface area contributed by atoms with Gasteiger partial charge in [-0.3, -0.25) is 9.10 Å². The van der Waals surface area contributed by atoms with Crippen molar-refractivity contribution in [2.45, 2.75) is 26.2 Å². The van der Waals surface area contributed by atoms with Crippen LogP contribution < -0.4 is 9.62 Å². The Kier molecular flexibility index (Phi) is 6.19. The van der Waals surface area contributed by atoms with Crippen molar-refractivity contribution in [3.05, 3.63) is 72.3 Å². The summed E-state index contributed by atoms with van der Waals surface area (Å²) in [5.74, 6) is -0.171. The fourth-order valence-electron chi connectivity index (χ4n) is 3.79. The number of para-hydroxylation sites is 1. The largest absolute Gasteiger partial charge is 0.456 e. The molecule has 1 heterocycles. The van der Waals surface area contributed by atoms with Gasteiger partial charge in [0.25, 0.3) is 0 Å². The van der Waals surface area contributed by atoms with Crippen LogP contribution in [0, 0.1) is 0 Å². The van der Waals surface area contributed by atoms with E-state index in [0.29, 0.717) is 23.4 Å². The molecule has 4 rings (SSSR count). The van der Waals surface area contributed by atoms with Gasteiger partial charge >= 0.3 is 0 Å². The Labute approximate surface area is 187 Å². The Morgan fingerprint density at radius 1 is 0.969 bits per heavy atom. The summed E-state index contributed by atoms with van der Waals surface area (Å²) in [5, 5.41) is 4.91. The molecule has 0 aliphatic carbocycles. The van der Waals surface area contributed by atoms with Crippen molar-refractivity contribution in [1.29, 1.82) is 0 Å². The Hall–Kier alpha value is -3.32. The van der Waals surface area contributed by atoms with Gasteiger partial charge in [0, 0.05) is 35.5 Å². The molecule has 0 aliphatic heterocycles. The van der Waals surface area contributed by atoms with Crippen molar-refractivity contribution < 1.29 is 17.6 Å². The van der Waals surface area contributed by atoms with E-state index in [0.717, 1.165) is 28.3 Å². The Morgan fingerprint density at radius 3 is 2.41 bits per heavy atom. The minimum absolute atomic E-state index is 0.171. The number of benzene rings is 3. The molecule has 7 heteroatoms. The highest BCUT2D eigenvalue weighted by Gasteiger charge is 2.17. The van der Waals surface area contributed by atoms with Gasteiger partial charge in [0.15, 0.2) is 0 Å². The monoisotopic (exact) mass is 450 g/mol. The van der Waals surface area contributed by atoms with E-state index in [1.807, 2.05) is 73.7 Å². The first-order valence-corrected chi connectivity index (χ1v) is 12.5. The average molecular weight is 451 g/mol. The molecule has 0 radical (unpaired) electrons. The van der Waals surface area contributed by atoms with Crippen LogP contribution in [-0.4, -0.2) is 27.1 Å². The van der Waals surface area contributed by atoms with Crippen molar-refractivity contribution in [2.75, 3.05) is 22.4 Å². The van der Waals surface area contributed by atoms with Crippen LogP contribution >= 0.6 is 0 Å². The number of amides is 1. The molecule has 0 aliphatic rings. The molecule has 0 saturated heterocycles. The number of nitrogens with zero attached hydrogens (tertiary/aromatic N) is 1. The van der Waals surface area contributed by atoms with Crippen LogP contribution in [0.5, 0.6) is 0 Å². The average Bonchev–Trinajstić information content (AvgIpc) is 3.14. The van der Waals surface area contributed by atoms with Crippen LogP contribution in [0.3, 0.4) is 0 Å². The molecule has 1 amide bonds. The molecule has 0 bridgehead atoms. The van der Waals surface area contributed by atoms with Gasteiger partial charge in [-0.05, 0) is 48.7 Å². The van der Waals surface area contributed by atoms with Gasteiger partial charge in [0.1, 0.15) is 11.2 Å². The van der Waals surface area contributed by atoms with Gasteiger partial charge in [0.05, 0.1) is 11.9 Å². The van der Waals surface area contributed by atoms with Crippen LogP contribution in [0.4, 0.5) is 11.4 Å². The summed E-state index contributed by atoms with van der Waals surface area (Å²) >= 11 is 0. The van der Waals surface area contributed by atoms with Crippen LogP contribution in [0.15, 0.2) is 71.1 Å². The van der Waals surface area contributed by atoms with Gasteiger partial charge < -0.3 is 9.73 Å². The predicted molar refractivity (Wildman–Crippen MR) is 130 cm³/mol. The smallest absolute Gasteiger partial charge is 0.232 e. The highest BCUT2D eigenvalue weighted by atomic mass is 32.2. The lowest BCUT2D eigenvalue weighted by molar-refractivity contribution is -0.116. The second kappa shape index (κ2) is 9.04. The summed E-state index contributed by atoms with van der Waals surface area (Å²) in [5.41, 5.74) is 3.92. The van der Waals surface area contributed by atoms with Crippen molar-refractivity contribution in [2.24, 2.45) is 0 Å². The van der Waals surface area contributed by atoms with E-state index in [1.165, 1.54) is 10.6 Å². The maximum absolute atomic E-state index is 12.5.